The van der Waals surface area contributed by atoms with Crippen LogP contribution in [0, 0.1) is 0 Å². The maximum Gasteiger partial charge on any atom is 0.224 e. The summed E-state index contributed by atoms with van der Waals surface area (Å²) in [6.45, 7) is 1.83. The molecule has 19 heavy (non-hydrogen) atoms. The van der Waals surface area contributed by atoms with Gasteiger partial charge in [-0.1, -0.05) is 18.2 Å². The van der Waals surface area contributed by atoms with Crippen molar-refractivity contribution < 1.29 is 4.79 Å². The lowest BCUT2D eigenvalue weighted by atomic mass is 10.1. The van der Waals surface area contributed by atoms with E-state index in [4.69, 9.17) is 0 Å². The summed E-state index contributed by atoms with van der Waals surface area (Å²) < 4.78 is 1.25. The van der Waals surface area contributed by atoms with Crippen LogP contribution in [0.25, 0.3) is 10.1 Å². The van der Waals surface area contributed by atoms with Crippen molar-refractivity contribution in [2.45, 2.75) is 25.3 Å². The van der Waals surface area contributed by atoms with Gasteiger partial charge in [0.1, 0.15) is 0 Å². The van der Waals surface area contributed by atoms with Gasteiger partial charge >= 0.3 is 0 Å². The average Bonchev–Trinajstić information content (AvgIpc) is 3.07. The third kappa shape index (κ3) is 2.96. The number of nitrogens with one attached hydrogen (secondary N) is 2. The first-order chi connectivity index (χ1) is 9.33. The Morgan fingerprint density at radius 1 is 1.42 bits per heavy atom. The minimum Gasteiger partial charge on any atom is -0.354 e. The van der Waals surface area contributed by atoms with Crippen molar-refractivity contribution in [1.29, 1.82) is 0 Å². The summed E-state index contributed by atoms with van der Waals surface area (Å²) >= 11 is 1.71. The highest BCUT2D eigenvalue weighted by Gasteiger charge is 2.15. The van der Waals surface area contributed by atoms with Crippen molar-refractivity contribution in [1.82, 2.24) is 10.6 Å². The molecule has 1 aliphatic heterocycles. The van der Waals surface area contributed by atoms with Crippen molar-refractivity contribution in [2.75, 3.05) is 13.1 Å². The Morgan fingerprint density at radius 3 is 3.16 bits per heavy atom. The van der Waals surface area contributed by atoms with Gasteiger partial charge in [-0.3, -0.25) is 4.79 Å². The highest BCUT2D eigenvalue weighted by Crippen LogP contribution is 2.25. The van der Waals surface area contributed by atoms with Gasteiger partial charge in [0.2, 0.25) is 5.91 Å². The van der Waals surface area contributed by atoms with E-state index in [9.17, 15) is 4.79 Å². The first-order valence-corrected chi connectivity index (χ1v) is 7.66. The van der Waals surface area contributed by atoms with Gasteiger partial charge in [-0.25, -0.2) is 0 Å². The van der Waals surface area contributed by atoms with Gasteiger partial charge in [-0.05, 0) is 41.8 Å². The Bertz CT molecular complexity index is 572. The van der Waals surface area contributed by atoms with E-state index < -0.39 is 0 Å². The van der Waals surface area contributed by atoms with Crippen LogP contribution in [0.4, 0.5) is 0 Å². The third-order valence-electron chi connectivity index (χ3n) is 3.62. The van der Waals surface area contributed by atoms with E-state index in [-0.39, 0.29) is 5.91 Å². The number of carbonyl (C=O) groups excluding carboxylic acids is 1. The highest BCUT2D eigenvalue weighted by molar-refractivity contribution is 7.17. The van der Waals surface area contributed by atoms with Crippen LogP contribution in [-0.2, 0) is 11.2 Å². The van der Waals surface area contributed by atoms with Crippen LogP contribution < -0.4 is 10.6 Å². The van der Waals surface area contributed by atoms with Gasteiger partial charge < -0.3 is 10.6 Å². The summed E-state index contributed by atoms with van der Waals surface area (Å²) in [4.78, 5) is 12.0. The minimum absolute atomic E-state index is 0.122. The molecule has 0 aliphatic carbocycles. The van der Waals surface area contributed by atoms with Gasteiger partial charge in [0.25, 0.3) is 0 Å². The highest BCUT2D eigenvalue weighted by atomic mass is 32.1. The zero-order valence-corrected chi connectivity index (χ0v) is 11.6. The summed E-state index contributed by atoms with van der Waals surface area (Å²) in [6, 6.07) is 8.72. The molecule has 100 valence electrons. The molecule has 1 saturated heterocycles. The predicted octanol–water partition coefficient (Wildman–Crippen LogP) is 2.31. The molecule has 2 N–H and O–H groups in total. The summed E-state index contributed by atoms with van der Waals surface area (Å²) in [7, 11) is 0. The van der Waals surface area contributed by atoms with E-state index in [1.807, 2.05) is 12.1 Å². The van der Waals surface area contributed by atoms with Gasteiger partial charge in [0.05, 0.1) is 6.42 Å². The Labute approximate surface area is 117 Å². The Hall–Kier alpha value is -1.39. The molecule has 1 aliphatic rings. The molecule has 3 rings (SSSR count). The van der Waals surface area contributed by atoms with E-state index in [0.29, 0.717) is 12.5 Å². The van der Waals surface area contributed by atoms with E-state index >= 15 is 0 Å². The fourth-order valence-corrected chi connectivity index (χ4v) is 3.54. The van der Waals surface area contributed by atoms with E-state index in [1.165, 1.54) is 22.9 Å². The Kier molecular flexibility index (Phi) is 3.80. The fraction of sp³-hybridized carbons (Fsp3) is 0.400. The van der Waals surface area contributed by atoms with Crippen molar-refractivity contribution in [2.24, 2.45) is 0 Å². The molecule has 0 bridgehead atoms. The molecule has 2 aromatic rings. The van der Waals surface area contributed by atoms with Crippen LogP contribution in [0.5, 0.6) is 0 Å². The first kappa shape index (κ1) is 12.6. The Morgan fingerprint density at radius 2 is 2.32 bits per heavy atom. The van der Waals surface area contributed by atoms with Gasteiger partial charge in [0.15, 0.2) is 0 Å². The number of carbonyl (C=O) groups is 1. The van der Waals surface area contributed by atoms with Crippen molar-refractivity contribution in [3.8, 4) is 0 Å². The molecule has 0 radical (unpaired) electrons. The third-order valence-corrected chi connectivity index (χ3v) is 4.63. The number of thiophene rings is 1. The molecule has 3 nitrogen and oxygen atoms in total. The topological polar surface area (TPSA) is 41.1 Å². The standard InChI is InChI=1S/C15H18N2OS/c18-15(17-9-12-4-3-7-16-12)8-11-10-19-14-6-2-1-5-13(11)14/h1-2,5-6,10,12,16H,3-4,7-9H2,(H,17,18)/t12-/m1/s1. The number of fused-ring (bicyclic) bond motifs is 1. The van der Waals surface area contributed by atoms with Crippen molar-refractivity contribution >= 4 is 27.3 Å². The van der Waals surface area contributed by atoms with Gasteiger partial charge in [-0.2, -0.15) is 0 Å². The smallest absolute Gasteiger partial charge is 0.224 e. The summed E-state index contributed by atoms with van der Waals surface area (Å²) in [5.74, 6) is 0.122. The minimum atomic E-state index is 0.122. The largest absolute Gasteiger partial charge is 0.354 e. The zero-order chi connectivity index (χ0) is 13.1. The van der Waals surface area contributed by atoms with E-state index in [1.54, 1.807) is 11.3 Å². The van der Waals surface area contributed by atoms with E-state index in [0.717, 1.165) is 18.7 Å². The second-order valence-corrected chi connectivity index (χ2v) is 5.94. The maximum absolute atomic E-state index is 12.0. The molecule has 0 spiro atoms. The molecular formula is C15H18N2OS. The lowest BCUT2D eigenvalue weighted by molar-refractivity contribution is -0.120. The molecule has 0 unspecified atom stereocenters. The number of amides is 1. The second kappa shape index (κ2) is 5.72. The SMILES string of the molecule is O=C(Cc1csc2ccccc12)NC[C@H]1CCCN1. The van der Waals surface area contributed by atoms with E-state index in [2.05, 4.69) is 28.1 Å². The molecule has 1 amide bonds. The quantitative estimate of drug-likeness (QED) is 0.898. The zero-order valence-electron chi connectivity index (χ0n) is 10.8. The lowest BCUT2D eigenvalue weighted by Crippen LogP contribution is -2.37. The number of hydrogen-bond donors (Lipinski definition) is 2. The van der Waals surface area contributed by atoms with Crippen LogP contribution in [0.2, 0.25) is 0 Å². The summed E-state index contributed by atoms with van der Waals surface area (Å²) in [5.41, 5.74) is 1.14. The molecule has 1 fully saturated rings. The molecule has 4 heteroatoms. The normalized spacial score (nSPS) is 18.8. The van der Waals surface area contributed by atoms with Gasteiger partial charge in [-0.15, -0.1) is 11.3 Å². The molecule has 2 heterocycles. The number of rotatable bonds is 4. The van der Waals surface area contributed by atoms with Crippen LogP contribution >= 0.6 is 11.3 Å². The van der Waals surface area contributed by atoms with Crippen LogP contribution in [-0.4, -0.2) is 25.0 Å². The second-order valence-electron chi connectivity index (χ2n) is 5.03. The predicted molar refractivity (Wildman–Crippen MR) is 79.6 cm³/mol. The van der Waals surface area contributed by atoms with Crippen LogP contribution in [0.3, 0.4) is 0 Å². The maximum atomic E-state index is 12.0. The lowest BCUT2D eigenvalue weighted by Gasteiger charge is -2.11. The van der Waals surface area contributed by atoms with Gasteiger partial charge in [0, 0.05) is 17.3 Å². The first-order valence-electron chi connectivity index (χ1n) is 6.78. The number of benzene rings is 1. The molecule has 0 saturated carbocycles. The average molecular weight is 274 g/mol. The fourth-order valence-electron chi connectivity index (χ4n) is 2.57. The number of hydrogen-bond acceptors (Lipinski definition) is 3. The van der Waals surface area contributed by atoms with Crippen molar-refractivity contribution in [3.63, 3.8) is 0 Å². The Balaban J connectivity index is 1.59. The summed E-state index contributed by atoms with van der Waals surface area (Å²) in [5, 5.41) is 9.72. The molecule has 1 aromatic heterocycles. The van der Waals surface area contributed by atoms with Crippen molar-refractivity contribution in [3.05, 3.63) is 35.2 Å². The molecular weight excluding hydrogens is 256 g/mol. The molecule has 1 atom stereocenters. The summed E-state index contributed by atoms with van der Waals surface area (Å²) in [6.07, 6.45) is 2.87. The van der Waals surface area contributed by atoms with Crippen LogP contribution in [0.1, 0.15) is 18.4 Å². The van der Waals surface area contributed by atoms with Crippen LogP contribution in [0.15, 0.2) is 29.6 Å². The molecule has 1 aromatic carbocycles. The monoisotopic (exact) mass is 274 g/mol.